The molecule has 8 heteroatoms. The topological polar surface area (TPSA) is 70.7 Å². The fourth-order valence-corrected chi connectivity index (χ4v) is 3.33. The van der Waals surface area contributed by atoms with Gasteiger partial charge in [0.05, 0.1) is 23.4 Å². The van der Waals surface area contributed by atoms with Crippen LogP contribution in [-0.4, -0.2) is 27.9 Å². The van der Waals surface area contributed by atoms with Crippen LogP contribution in [0.4, 0.5) is 13.2 Å². The Morgan fingerprint density at radius 2 is 2.00 bits per heavy atom. The molecule has 3 rings (SSSR count). The van der Waals surface area contributed by atoms with Gasteiger partial charge >= 0.3 is 12.1 Å². The number of carboxylic acid groups (broad SMARTS) is 1. The second-order valence-corrected chi connectivity index (χ2v) is 7.03. The first kappa shape index (κ1) is 20.0. The Morgan fingerprint density at radius 1 is 1.32 bits per heavy atom. The molecule has 0 bridgehead atoms. The first-order valence-electron chi connectivity index (χ1n) is 8.88. The lowest BCUT2D eigenvalue weighted by molar-refractivity contribution is -0.138. The number of rotatable bonds is 6. The van der Waals surface area contributed by atoms with Crippen molar-refractivity contribution in [1.29, 1.82) is 0 Å². The number of furan rings is 1. The van der Waals surface area contributed by atoms with E-state index in [0.717, 1.165) is 25.0 Å². The molecule has 1 amide bonds. The quantitative estimate of drug-likeness (QED) is 0.776. The standard InChI is InChI=1S/C20H20F3NO4/c1-11-10-28-16(9-17(25)26)18(11)19(27)24(15-6-7-15)12(2)13-4-3-5-14(8-13)20(21,22)23/h3-5,8,10,12,15H,6-7,9H2,1-2H3,(H,25,26). The van der Waals surface area contributed by atoms with Gasteiger partial charge in [-0.25, -0.2) is 0 Å². The molecule has 0 saturated heterocycles. The van der Waals surface area contributed by atoms with E-state index in [1.165, 1.54) is 12.3 Å². The summed E-state index contributed by atoms with van der Waals surface area (Å²) >= 11 is 0. The van der Waals surface area contributed by atoms with Crippen molar-refractivity contribution in [2.45, 2.75) is 51.4 Å². The number of carboxylic acids is 1. The summed E-state index contributed by atoms with van der Waals surface area (Å²) < 4.78 is 44.4. The average molecular weight is 395 g/mol. The third-order valence-electron chi connectivity index (χ3n) is 4.87. The van der Waals surface area contributed by atoms with Gasteiger partial charge in [0.1, 0.15) is 12.2 Å². The van der Waals surface area contributed by atoms with Crippen molar-refractivity contribution in [3.05, 3.63) is 58.5 Å². The minimum absolute atomic E-state index is 0.0527. The molecule has 5 nitrogen and oxygen atoms in total. The molecule has 1 N–H and O–H groups in total. The maximum atomic E-state index is 13.3. The number of aryl methyl sites for hydroxylation is 1. The Balaban J connectivity index is 1.96. The zero-order chi connectivity index (χ0) is 20.6. The summed E-state index contributed by atoms with van der Waals surface area (Å²) in [6.45, 7) is 3.32. The smallest absolute Gasteiger partial charge is 0.416 e. The fourth-order valence-electron chi connectivity index (χ4n) is 3.33. The van der Waals surface area contributed by atoms with Gasteiger partial charge in [0, 0.05) is 11.6 Å². The van der Waals surface area contributed by atoms with E-state index in [4.69, 9.17) is 9.52 Å². The van der Waals surface area contributed by atoms with Crippen LogP contribution < -0.4 is 0 Å². The fraction of sp³-hybridized carbons (Fsp3) is 0.400. The molecule has 0 spiro atoms. The molecule has 1 saturated carbocycles. The highest BCUT2D eigenvalue weighted by Crippen LogP contribution is 2.38. The van der Waals surface area contributed by atoms with E-state index in [1.54, 1.807) is 24.8 Å². The predicted molar refractivity (Wildman–Crippen MR) is 93.8 cm³/mol. The van der Waals surface area contributed by atoms with Crippen molar-refractivity contribution in [3.8, 4) is 0 Å². The third kappa shape index (κ3) is 4.05. The van der Waals surface area contributed by atoms with Crippen molar-refractivity contribution in [3.63, 3.8) is 0 Å². The summed E-state index contributed by atoms with van der Waals surface area (Å²) in [4.78, 5) is 25.9. The number of carbonyl (C=O) groups is 2. The predicted octanol–water partition coefficient (Wildman–Crippen LogP) is 4.60. The van der Waals surface area contributed by atoms with E-state index in [1.807, 2.05) is 0 Å². The van der Waals surface area contributed by atoms with Crippen LogP contribution in [0.25, 0.3) is 0 Å². The van der Waals surface area contributed by atoms with Crippen LogP contribution >= 0.6 is 0 Å². The van der Waals surface area contributed by atoms with Crippen LogP contribution in [-0.2, 0) is 17.4 Å². The molecule has 1 heterocycles. The van der Waals surface area contributed by atoms with Crippen molar-refractivity contribution in [2.75, 3.05) is 0 Å². The second kappa shape index (κ2) is 7.33. The lowest BCUT2D eigenvalue weighted by Crippen LogP contribution is -2.36. The molecule has 1 aromatic carbocycles. The van der Waals surface area contributed by atoms with Gasteiger partial charge in [-0.05, 0) is 44.4 Å². The molecular weight excluding hydrogens is 375 g/mol. The van der Waals surface area contributed by atoms with E-state index in [0.29, 0.717) is 11.1 Å². The third-order valence-corrected chi connectivity index (χ3v) is 4.87. The normalized spacial score (nSPS) is 15.3. The molecule has 1 fully saturated rings. The molecule has 0 aliphatic heterocycles. The first-order valence-corrected chi connectivity index (χ1v) is 8.88. The summed E-state index contributed by atoms with van der Waals surface area (Å²) in [5.41, 5.74) is 0.276. The van der Waals surface area contributed by atoms with Crippen molar-refractivity contribution >= 4 is 11.9 Å². The van der Waals surface area contributed by atoms with E-state index in [2.05, 4.69) is 0 Å². The summed E-state index contributed by atoms with van der Waals surface area (Å²) in [5, 5.41) is 9.05. The summed E-state index contributed by atoms with van der Waals surface area (Å²) in [5.74, 6) is -1.50. The lowest BCUT2D eigenvalue weighted by atomic mass is 10.0. The van der Waals surface area contributed by atoms with Gasteiger partial charge in [-0.2, -0.15) is 13.2 Å². The number of hydrogen-bond donors (Lipinski definition) is 1. The van der Waals surface area contributed by atoms with Gasteiger partial charge in [-0.15, -0.1) is 0 Å². The molecule has 1 aliphatic rings. The van der Waals surface area contributed by atoms with Crippen LogP contribution in [0.1, 0.15) is 58.6 Å². The molecular formula is C20H20F3NO4. The van der Waals surface area contributed by atoms with E-state index in [-0.39, 0.29) is 17.4 Å². The van der Waals surface area contributed by atoms with Crippen molar-refractivity contribution in [2.24, 2.45) is 0 Å². The van der Waals surface area contributed by atoms with Gasteiger partial charge in [0.2, 0.25) is 0 Å². The Morgan fingerprint density at radius 3 is 2.57 bits per heavy atom. The highest BCUT2D eigenvalue weighted by atomic mass is 19.4. The molecule has 2 aromatic rings. The average Bonchev–Trinajstić information content (AvgIpc) is 3.37. The number of hydrogen-bond acceptors (Lipinski definition) is 3. The summed E-state index contributed by atoms with van der Waals surface area (Å²) in [7, 11) is 0. The van der Waals surface area contributed by atoms with Gasteiger partial charge in [0.15, 0.2) is 0 Å². The largest absolute Gasteiger partial charge is 0.481 e. The number of alkyl halides is 3. The zero-order valence-electron chi connectivity index (χ0n) is 15.4. The molecule has 1 aliphatic carbocycles. The summed E-state index contributed by atoms with van der Waals surface area (Å²) in [6.07, 6.45) is -2.09. The number of carbonyl (C=O) groups excluding carboxylic acids is 1. The van der Waals surface area contributed by atoms with Gasteiger partial charge in [0.25, 0.3) is 5.91 Å². The zero-order valence-corrected chi connectivity index (χ0v) is 15.4. The first-order chi connectivity index (χ1) is 13.1. The number of halogens is 3. The maximum Gasteiger partial charge on any atom is 0.416 e. The van der Waals surface area contributed by atoms with Crippen molar-refractivity contribution in [1.82, 2.24) is 4.90 Å². The van der Waals surface area contributed by atoms with Crippen LogP contribution in [0.2, 0.25) is 0 Å². The molecule has 150 valence electrons. The highest BCUT2D eigenvalue weighted by Gasteiger charge is 2.39. The Labute approximate surface area is 159 Å². The van der Waals surface area contributed by atoms with Crippen LogP contribution in [0.5, 0.6) is 0 Å². The van der Waals surface area contributed by atoms with E-state index >= 15 is 0 Å². The Bertz CT molecular complexity index is 899. The van der Waals surface area contributed by atoms with Crippen molar-refractivity contribution < 1.29 is 32.3 Å². The highest BCUT2D eigenvalue weighted by molar-refractivity contribution is 5.98. The van der Waals surface area contributed by atoms with Crippen LogP contribution in [0.15, 0.2) is 34.9 Å². The molecule has 1 unspecified atom stereocenters. The van der Waals surface area contributed by atoms with Gasteiger partial charge in [-0.1, -0.05) is 12.1 Å². The number of aliphatic carboxylic acids is 1. The minimum Gasteiger partial charge on any atom is -0.481 e. The number of benzene rings is 1. The molecule has 0 radical (unpaired) electrons. The van der Waals surface area contributed by atoms with E-state index < -0.39 is 36.1 Å². The maximum absolute atomic E-state index is 13.3. The lowest BCUT2D eigenvalue weighted by Gasteiger charge is -2.30. The number of nitrogens with zero attached hydrogens (tertiary/aromatic N) is 1. The summed E-state index contributed by atoms with van der Waals surface area (Å²) in [6, 6.07) is 4.23. The van der Waals surface area contributed by atoms with Crippen LogP contribution in [0, 0.1) is 6.92 Å². The monoisotopic (exact) mass is 395 g/mol. The van der Waals surface area contributed by atoms with Gasteiger partial charge in [-0.3, -0.25) is 9.59 Å². The van der Waals surface area contributed by atoms with Crippen LogP contribution in [0.3, 0.4) is 0 Å². The Hall–Kier alpha value is -2.77. The molecule has 1 atom stereocenters. The van der Waals surface area contributed by atoms with Gasteiger partial charge < -0.3 is 14.4 Å². The van der Waals surface area contributed by atoms with E-state index in [9.17, 15) is 22.8 Å². The minimum atomic E-state index is -4.47. The molecule has 1 aromatic heterocycles. The SMILES string of the molecule is Cc1coc(CC(=O)O)c1C(=O)N(C1CC1)C(C)c1cccc(C(F)(F)F)c1. The second-order valence-electron chi connectivity index (χ2n) is 7.03. The molecule has 28 heavy (non-hydrogen) atoms. The number of amides is 1. The Kier molecular flexibility index (Phi) is 5.23.